The lowest BCUT2D eigenvalue weighted by molar-refractivity contribution is -0.147. The summed E-state index contributed by atoms with van der Waals surface area (Å²) in [4.78, 5) is 29.2. The first kappa shape index (κ1) is 18.3. The monoisotopic (exact) mass is 384 g/mol. The Balaban J connectivity index is 1.60. The molecule has 2 fully saturated rings. The summed E-state index contributed by atoms with van der Waals surface area (Å²) in [6, 6.07) is 11.7. The fourth-order valence-electron chi connectivity index (χ4n) is 3.63. The van der Waals surface area contributed by atoms with E-state index >= 15 is 0 Å². The number of halogens is 1. The summed E-state index contributed by atoms with van der Waals surface area (Å²) in [6.07, 6.45) is 0.984. The van der Waals surface area contributed by atoms with Gasteiger partial charge in [0.05, 0.1) is 7.11 Å². The molecule has 28 heavy (non-hydrogen) atoms. The van der Waals surface area contributed by atoms with Gasteiger partial charge in [0.2, 0.25) is 12.0 Å². The molecule has 0 unspecified atom stereocenters. The van der Waals surface area contributed by atoms with Crippen LogP contribution in [0.1, 0.15) is 12.8 Å². The Kier molecular flexibility index (Phi) is 4.90. The minimum atomic E-state index is -0.930. The van der Waals surface area contributed by atoms with Crippen molar-refractivity contribution in [3.8, 4) is 11.5 Å². The first-order valence-corrected chi connectivity index (χ1v) is 9.26. The zero-order valence-corrected chi connectivity index (χ0v) is 15.5. The van der Waals surface area contributed by atoms with Gasteiger partial charge in [-0.3, -0.25) is 14.5 Å². The number of ether oxygens (including phenoxy) is 2. The number of nitrogens with zero attached hydrogens (tertiary/aromatic N) is 2. The minimum absolute atomic E-state index is 0.125. The second-order valence-corrected chi connectivity index (χ2v) is 6.88. The molecule has 7 heteroatoms. The second kappa shape index (κ2) is 7.50. The average molecular weight is 384 g/mol. The van der Waals surface area contributed by atoms with Gasteiger partial charge in [0.25, 0.3) is 5.91 Å². The fourth-order valence-corrected chi connectivity index (χ4v) is 3.63. The molecule has 2 amide bonds. The van der Waals surface area contributed by atoms with E-state index in [1.54, 1.807) is 36.3 Å². The maximum atomic E-state index is 13.1. The van der Waals surface area contributed by atoms with E-state index in [0.29, 0.717) is 30.3 Å². The van der Waals surface area contributed by atoms with Gasteiger partial charge in [-0.05, 0) is 61.4 Å². The molecule has 0 bridgehead atoms. The van der Waals surface area contributed by atoms with Crippen LogP contribution in [-0.4, -0.2) is 49.1 Å². The molecule has 2 heterocycles. The summed E-state index contributed by atoms with van der Waals surface area (Å²) < 4.78 is 24.1. The van der Waals surface area contributed by atoms with Crippen molar-refractivity contribution in [1.82, 2.24) is 4.90 Å². The highest BCUT2D eigenvalue weighted by molar-refractivity contribution is 6.13. The second-order valence-electron chi connectivity index (χ2n) is 6.88. The molecule has 0 N–H and O–H groups in total. The fraction of sp³-hybridized carbons (Fsp3) is 0.333. The normalized spacial score (nSPS) is 21.4. The Morgan fingerprint density at radius 3 is 2.21 bits per heavy atom. The van der Waals surface area contributed by atoms with Crippen LogP contribution in [0.5, 0.6) is 11.5 Å². The van der Waals surface area contributed by atoms with Crippen LogP contribution >= 0.6 is 0 Å². The highest BCUT2D eigenvalue weighted by Gasteiger charge is 2.55. The van der Waals surface area contributed by atoms with Crippen LogP contribution < -0.4 is 14.4 Å². The molecule has 6 nitrogen and oxygen atoms in total. The van der Waals surface area contributed by atoms with E-state index < -0.39 is 18.0 Å². The molecule has 4 rings (SSSR count). The van der Waals surface area contributed by atoms with Crippen molar-refractivity contribution < 1.29 is 23.5 Å². The standard InChI is InChI=1S/C21H21FN2O4/c1-27-16-10-6-15(7-11-16)24-18(20(25)23-12-2-3-13-23)19(21(24)26)28-17-8-4-14(22)5-9-17/h4-11,18-19H,2-3,12-13H2,1H3/t18-,19-/m0/s1. The van der Waals surface area contributed by atoms with Gasteiger partial charge in [-0.15, -0.1) is 0 Å². The third kappa shape index (κ3) is 3.28. The van der Waals surface area contributed by atoms with Gasteiger partial charge >= 0.3 is 0 Å². The molecule has 0 saturated carbocycles. The molecule has 2 aromatic carbocycles. The number of β-lactam (4-membered cyclic amide) rings is 1. The molecular formula is C21H21FN2O4. The highest BCUT2D eigenvalue weighted by atomic mass is 19.1. The van der Waals surface area contributed by atoms with Crippen LogP contribution in [-0.2, 0) is 9.59 Å². The third-order valence-electron chi connectivity index (χ3n) is 5.14. The van der Waals surface area contributed by atoms with E-state index in [2.05, 4.69) is 0 Å². The van der Waals surface area contributed by atoms with Crippen LogP contribution in [0.2, 0.25) is 0 Å². The summed E-state index contributed by atoms with van der Waals surface area (Å²) in [5.41, 5.74) is 0.613. The molecule has 0 aliphatic carbocycles. The molecule has 2 aliphatic rings. The maximum absolute atomic E-state index is 13.1. The zero-order valence-electron chi connectivity index (χ0n) is 15.5. The van der Waals surface area contributed by atoms with Crippen molar-refractivity contribution >= 4 is 17.5 Å². The van der Waals surface area contributed by atoms with E-state index in [4.69, 9.17) is 9.47 Å². The molecule has 0 spiro atoms. The molecule has 2 aliphatic heterocycles. The largest absolute Gasteiger partial charge is 0.497 e. The summed E-state index contributed by atoms with van der Waals surface area (Å²) in [7, 11) is 1.57. The molecule has 0 radical (unpaired) electrons. The third-order valence-corrected chi connectivity index (χ3v) is 5.14. The number of rotatable bonds is 5. The molecule has 0 aromatic heterocycles. The Morgan fingerprint density at radius 1 is 1.00 bits per heavy atom. The Morgan fingerprint density at radius 2 is 1.61 bits per heavy atom. The van der Waals surface area contributed by atoms with Gasteiger partial charge in [0, 0.05) is 18.8 Å². The summed E-state index contributed by atoms with van der Waals surface area (Å²) in [5, 5.41) is 0. The van der Waals surface area contributed by atoms with E-state index in [-0.39, 0.29) is 11.8 Å². The SMILES string of the molecule is COc1ccc(N2C(=O)[C@@H](Oc3ccc(F)cc3)[C@H]2C(=O)N2CCCC2)cc1. The van der Waals surface area contributed by atoms with Crippen molar-refractivity contribution in [2.24, 2.45) is 0 Å². The van der Waals surface area contributed by atoms with Crippen molar-refractivity contribution in [3.05, 3.63) is 54.3 Å². The quantitative estimate of drug-likeness (QED) is 0.744. The van der Waals surface area contributed by atoms with Gasteiger partial charge in [-0.2, -0.15) is 0 Å². The van der Waals surface area contributed by atoms with Crippen molar-refractivity contribution in [1.29, 1.82) is 0 Å². The molecule has 2 saturated heterocycles. The molecule has 2 aromatic rings. The van der Waals surface area contributed by atoms with E-state index in [0.717, 1.165) is 12.8 Å². The lowest BCUT2D eigenvalue weighted by Crippen LogP contribution is -2.72. The zero-order chi connectivity index (χ0) is 19.7. The Bertz CT molecular complexity index is 863. The van der Waals surface area contributed by atoms with Gasteiger partial charge in [-0.25, -0.2) is 4.39 Å². The number of hydrogen-bond donors (Lipinski definition) is 0. The summed E-state index contributed by atoms with van der Waals surface area (Å²) >= 11 is 0. The number of amides is 2. The molecule has 2 atom stereocenters. The van der Waals surface area contributed by atoms with Crippen molar-refractivity contribution in [3.63, 3.8) is 0 Å². The molecule has 146 valence electrons. The van der Waals surface area contributed by atoms with E-state index in [9.17, 15) is 14.0 Å². The number of carbonyl (C=O) groups is 2. The van der Waals surface area contributed by atoms with Crippen LogP contribution in [0.3, 0.4) is 0 Å². The predicted octanol–water partition coefficient (Wildman–Crippen LogP) is 2.62. The van der Waals surface area contributed by atoms with Crippen LogP contribution in [0.25, 0.3) is 0 Å². The van der Waals surface area contributed by atoms with Crippen molar-refractivity contribution in [2.45, 2.75) is 25.0 Å². The smallest absolute Gasteiger partial charge is 0.271 e. The van der Waals surface area contributed by atoms with E-state index in [1.165, 1.54) is 29.2 Å². The number of benzene rings is 2. The Labute approximate surface area is 162 Å². The predicted molar refractivity (Wildman–Crippen MR) is 101 cm³/mol. The number of likely N-dealkylation sites (tertiary alicyclic amines) is 1. The minimum Gasteiger partial charge on any atom is -0.497 e. The van der Waals surface area contributed by atoms with Crippen LogP contribution in [0.15, 0.2) is 48.5 Å². The maximum Gasteiger partial charge on any atom is 0.271 e. The first-order chi connectivity index (χ1) is 13.6. The number of methoxy groups -OCH3 is 1. The van der Waals surface area contributed by atoms with Crippen LogP contribution in [0.4, 0.5) is 10.1 Å². The summed E-state index contributed by atoms with van der Waals surface area (Å²) in [6.45, 7) is 1.37. The van der Waals surface area contributed by atoms with Gasteiger partial charge in [-0.1, -0.05) is 0 Å². The first-order valence-electron chi connectivity index (χ1n) is 9.26. The molecular weight excluding hydrogens is 363 g/mol. The lowest BCUT2D eigenvalue weighted by atomic mass is 9.94. The van der Waals surface area contributed by atoms with Crippen molar-refractivity contribution in [2.75, 3.05) is 25.1 Å². The average Bonchev–Trinajstić information content (AvgIpc) is 3.26. The number of carbonyl (C=O) groups excluding carboxylic acids is 2. The summed E-state index contributed by atoms with van der Waals surface area (Å²) in [5.74, 6) is 0.204. The highest BCUT2D eigenvalue weighted by Crippen LogP contribution is 2.34. The topological polar surface area (TPSA) is 59.1 Å². The van der Waals surface area contributed by atoms with Gasteiger partial charge in [0.15, 0.2) is 6.04 Å². The lowest BCUT2D eigenvalue weighted by Gasteiger charge is -2.46. The van der Waals surface area contributed by atoms with Crippen LogP contribution in [0, 0.1) is 5.82 Å². The number of hydrogen-bond acceptors (Lipinski definition) is 4. The number of anilines is 1. The van der Waals surface area contributed by atoms with Gasteiger partial charge < -0.3 is 14.4 Å². The Hall–Kier alpha value is -3.09. The van der Waals surface area contributed by atoms with E-state index in [1.807, 2.05) is 0 Å². The van der Waals surface area contributed by atoms with Gasteiger partial charge in [0.1, 0.15) is 17.3 Å².